The molecule has 0 fully saturated rings. The van der Waals surface area contributed by atoms with E-state index in [2.05, 4.69) is 10.3 Å². The lowest BCUT2D eigenvalue weighted by atomic mass is 10.1. The number of carbonyl (C=O) groups excluding carboxylic acids is 1. The van der Waals surface area contributed by atoms with Gasteiger partial charge in [0.15, 0.2) is 0 Å². The lowest BCUT2D eigenvalue weighted by Crippen LogP contribution is -2.24. The van der Waals surface area contributed by atoms with Crippen molar-refractivity contribution in [2.45, 2.75) is 19.6 Å². The summed E-state index contributed by atoms with van der Waals surface area (Å²) >= 11 is 18.5. The third-order valence-electron chi connectivity index (χ3n) is 5.29. The summed E-state index contributed by atoms with van der Waals surface area (Å²) in [7, 11) is 0. The summed E-state index contributed by atoms with van der Waals surface area (Å²) in [6, 6.07) is 16.7. The SMILES string of the molecule is Cc1c(C(=O)NCc2cccc(C(F)(F)F)c2)nc(-c2ccc(Cl)cc2Cl)n1-c1ccc(Cl)cc1. The zero-order chi connectivity index (χ0) is 25.3. The summed E-state index contributed by atoms with van der Waals surface area (Å²) in [5.74, 6) is -0.144. The van der Waals surface area contributed by atoms with Crippen molar-refractivity contribution in [3.63, 3.8) is 0 Å². The summed E-state index contributed by atoms with van der Waals surface area (Å²) in [6.07, 6.45) is -4.47. The van der Waals surface area contributed by atoms with Crippen molar-refractivity contribution in [3.8, 4) is 17.1 Å². The molecule has 0 radical (unpaired) electrons. The number of carbonyl (C=O) groups is 1. The molecule has 0 aliphatic heterocycles. The highest BCUT2D eigenvalue weighted by Gasteiger charge is 2.30. The van der Waals surface area contributed by atoms with Crippen molar-refractivity contribution in [3.05, 3.63) is 104 Å². The van der Waals surface area contributed by atoms with Gasteiger partial charge in [0, 0.05) is 27.8 Å². The minimum atomic E-state index is -4.47. The van der Waals surface area contributed by atoms with Gasteiger partial charge in [0.05, 0.1) is 16.3 Å². The van der Waals surface area contributed by atoms with Crippen LogP contribution in [0.1, 0.15) is 27.3 Å². The van der Waals surface area contributed by atoms with Gasteiger partial charge in [-0.05, 0) is 67.1 Å². The zero-order valence-corrected chi connectivity index (χ0v) is 20.4. The Labute approximate surface area is 214 Å². The Kier molecular flexibility index (Phi) is 7.12. The first kappa shape index (κ1) is 25.1. The molecule has 4 nitrogen and oxygen atoms in total. The van der Waals surface area contributed by atoms with Crippen molar-refractivity contribution in [2.75, 3.05) is 0 Å². The monoisotopic (exact) mass is 537 g/mol. The van der Waals surface area contributed by atoms with E-state index in [1.165, 1.54) is 12.1 Å². The predicted molar refractivity (Wildman–Crippen MR) is 131 cm³/mol. The van der Waals surface area contributed by atoms with Crippen molar-refractivity contribution >= 4 is 40.7 Å². The van der Waals surface area contributed by atoms with E-state index in [4.69, 9.17) is 34.8 Å². The summed E-state index contributed by atoms with van der Waals surface area (Å²) in [4.78, 5) is 17.6. The van der Waals surface area contributed by atoms with E-state index in [1.807, 2.05) is 0 Å². The highest BCUT2D eigenvalue weighted by atomic mass is 35.5. The van der Waals surface area contributed by atoms with Crippen LogP contribution in [0.3, 0.4) is 0 Å². The molecule has 180 valence electrons. The molecule has 0 bridgehead atoms. The molecular weight excluding hydrogens is 522 g/mol. The maximum atomic E-state index is 13.1. The molecule has 4 aromatic rings. The largest absolute Gasteiger partial charge is 0.416 e. The third kappa shape index (κ3) is 5.48. The topological polar surface area (TPSA) is 46.9 Å². The Balaban J connectivity index is 1.71. The average molecular weight is 539 g/mol. The van der Waals surface area contributed by atoms with Crippen LogP contribution < -0.4 is 5.32 Å². The van der Waals surface area contributed by atoms with E-state index in [9.17, 15) is 18.0 Å². The van der Waals surface area contributed by atoms with Gasteiger partial charge in [0.25, 0.3) is 5.91 Å². The molecule has 0 atom stereocenters. The molecule has 10 heteroatoms. The summed E-state index contributed by atoms with van der Waals surface area (Å²) < 4.78 is 40.8. The van der Waals surface area contributed by atoms with Crippen LogP contribution in [0.25, 0.3) is 17.1 Å². The van der Waals surface area contributed by atoms with Crippen LogP contribution in [0.4, 0.5) is 13.2 Å². The quantitative estimate of drug-likeness (QED) is 0.282. The minimum absolute atomic E-state index is 0.104. The van der Waals surface area contributed by atoms with Crippen LogP contribution in [0.15, 0.2) is 66.7 Å². The van der Waals surface area contributed by atoms with Crippen LogP contribution in [0.5, 0.6) is 0 Å². The zero-order valence-electron chi connectivity index (χ0n) is 18.1. The lowest BCUT2D eigenvalue weighted by Gasteiger charge is -2.12. The second kappa shape index (κ2) is 9.93. The molecule has 1 aromatic heterocycles. The second-order valence-electron chi connectivity index (χ2n) is 7.69. The third-order valence-corrected chi connectivity index (χ3v) is 6.09. The first-order valence-electron chi connectivity index (χ1n) is 10.3. The molecule has 0 unspecified atom stereocenters. The maximum Gasteiger partial charge on any atom is 0.416 e. The van der Waals surface area contributed by atoms with E-state index in [-0.39, 0.29) is 12.2 Å². The molecule has 0 saturated carbocycles. The first-order chi connectivity index (χ1) is 16.5. The van der Waals surface area contributed by atoms with Gasteiger partial charge in [-0.2, -0.15) is 13.2 Å². The summed E-state index contributed by atoms with van der Waals surface area (Å²) in [5, 5.41) is 3.98. The van der Waals surface area contributed by atoms with Gasteiger partial charge in [0.1, 0.15) is 11.5 Å². The number of halogens is 6. The Morgan fingerprint density at radius 3 is 2.31 bits per heavy atom. The van der Waals surface area contributed by atoms with Crippen LogP contribution in [-0.4, -0.2) is 15.5 Å². The molecule has 0 aliphatic carbocycles. The molecule has 0 saturated heterocycles. The number of imidazole rings is 1. The molecule has 1 heterocycles. The van der Waals surface area contributed by atoms with E-state index < -0.39 is 17.6 Å². The number of hydrogen-bond acceptors (Lipinski definition) is 2. The van der Waals surface area contributed by atoms with Crippen LogP contribution >= 0.6 is 34.8 Å². The van der Waals surface area contributed by atoms with Crippen LogP contribution in [0.2, 0.25) is 15.1 Å². The Hall–Kier alpha value is -3.00. The Bertz CT molecular complexity index is 1400. The van der Waals surface area contributed by atoms with Crippen LogP contribution in [-0.2, 0) is 12.7 Å². The second-order valence-corrected chi connectivity index (χ2v) is 8.97. The normalized spacial score (nSPS) is 11.5. The van der Waals surface area contributed by atoms with Crippen molar-refractivity contribution in [1.29, 1.82) is 0 Å². The highest BCUT2D eigenvalue weighted by molar-refractivity contribution is 6.36. The van der Waals surface area contributed by atoms with Crippen molar-refractivity contribution in [1.82, 2.24) is 14.9 Å². The lowest BCUT2D eigenvalue weighted by molar-refractivity contribution is -0.137. The molecule has 3 aromatic carbocycles. The summed E-state index contributed by atoms with van der Waals surface area (Å²) in [5.41, 5.74) is 1.38. The van der Waals surface area contributed by atoms with Gasteiger partial charge in [-0.1, -0.05) is 46.9 Å². The number of alkyl halides is 3. The van der Waals surface area contributed by atoms with Gasteiger partial charge in [-0.3, -0.25) is 9.36 Å². The molecule has 35 heavy (non-hydrogen) atoms. The number of rotatable bonds is 5. The van der Waals surface area contributed by atoms with Gasteiger partial charge >= 0.3 is 6.18 Å². The van der Waals surface area contributed by atoms with Crippen molar-refractivity contribution < 1.29 is 18.0 Å². The maximum absolute atomic E-state index is 13.1. The number of hydrogen-bond donors (Lipinski definition) is 1. The number of benzene rings is 3. The average Bonchev–Trinajstić information content (AvgIpc) is 3.14. The van der Waals surface area contributed by atoms with Gasteiger partial charge in [-0.25, -0.2) is 4.98 Å². The fourth-order valence-electron chi connectivity index (χ4n) is 3.60. The minimum Gasteiger partial charge on any atom is -0.347 e. The fourth-order valence-corrected chi connectivity index (χ4v) is 4.22. The fraction of sp³-hybridized carbons (Fsp3) is 0.120. The standard InChI is InChI=1S/C25H17Cl3F3N3O/c1-14-22(24(35)32-13-15-3-2-4-16(11-15)25(29,30)31)33-23(20-10-7-18(27)12-21(20)28)34(14)19-8-5-17(26)6-9-19/h2-12H,13H2,1H3,(H,32,35). The van der Waals surface area contributed by atoms with E-state index in [1.54, 1.807) is 54.0 Å². The van der Waals surface area contributed by atoms with Gasteiger partial charge in [0.2, 0.25) is 0 Å². The molecular formula is C25H17Cl3F3N3O. The highest BCUT2D eigenvalue weighted by Crippen LogP contribution is 2.34. The first-order valence-corrected chi connectivity index (χ1v) is 11.4. The molecule has 4 rings (SSSR count). The van der Waals surface area contributed by atoms with Crippen LogP contribution in [0, 0.1) is 6.92 Å². The summed E-state index contributed by atoms with van der Waals surface area (Å²) in [6.45, 7) is 1.61. The Morgan fingerprint density at radius 1 is 0.971 bits per heavy atom. The van der Waals surface area contributed by atoms with Crippen molar-refractivity contribution in [2.24, 2.45) is 0 Å². The number of nitrogens with zero attached hydrogens (tertiary/aromatic N) is 2. The molecule has 0 aliphatic rings. The molecule has 0 spiro atoms. The van der Waals surface area contributed by atoms with E-state index in [0.29, 0.717) is 43.4 Å². The van der Waals surface area contributed by atoms with Gasteiger partial charge in [-0.15, -0.1) is 0 Å². The van der Waals surface area contributed by atoms with Gasteiger partial charge < -0.3 is 5.32 Å². The predicted octanol–water partition coefficient (Wildman–Crippen LogP) is 7.76. The van der Waals surface area contributed by atoms with E-state index in [0.717, 1.165) is 12.1 Å². The molecule has 1 amide bonds. The Morgan fingerprint density at radius 2 is 1.66 bits per heavy atom. The van der Waals surface area contributed by atoms with E-state index >= 15 is 0 Å². The number of aromatic nitrogens is 2. The number of amides is 1. The molecule has 1 N–H and O–H groups in total. The smallest absolute Gasteiger partial charge is 0.347 e. The number of nitrogens with one attached hydrogen (secondary N) is 1.